The van der Waals surface area contributed by atoms with Gasteiger partial charge >= 0.3 is 0 Å². The zero-order valence-corrected chi connectivity index (χ0v) is 18.0. The maximum absolute atomic E-state index is 11.0. The van der Waals surface area contributed by atoms with E-state index in [4.69, 9.17) is 9.47 Å². The number of carbonyl (C=O) groups is 2. The first-order chi connectivity index (χ1) is 14.9. The van der Waals surface area contributed by atoms with Gasteiger partial charge in [0, 0.05) is 22.3 Å². The summed E-state index contributed by atoms with van der Waals surface area (Å²) in [5, 5.41) is 19.3. The molecule has 0 amide bonds. The molecule has 162 valence electrons. The van der Waals surface area contributed by atoms with Crippen molar-refractivity contribution in [3.05, 3.63) is 71.3 Å². The third-order valence-corrected chi connectivity index (χ3v) is 4.68. The lowest BCUT2D eigenvalue weighted by Gasteiger charge is -2.14. The predicted octanol–water partition coefficient (Wildman–Crippen LogP) is 5.22. The van der Waals surface area contributed by atoms with Gasteiger partial charge in [-0.3, -0.25) is 9.59 Å². The fraction of sp³-hybridized carbons (Fsp3) is 0.200. The van der Waals surface area contributed by atoms with Gasteiger partial charge in [0.1, 0.15) is 6.29 Å². The Kier molecular flexibility index (Phi) is 8.20. The molecule has 31 heavy (non-hydrogen) atoms. The smallest absolute Gasteiger partial charge is 0.169 e. The largest absolute Gasteiger partial charge is 0.504 e. The molecule has 3 rings (SSSR count). The number of benzene rings is 3. The molecule has 0 spiro atoms. The van der Waals surface area contributed by atoms with Crippen molar-refractivity contribution in [1.82, 2.24) is 0 Å². The molecular formula is C25H26O6. The van der Waals surface area contributed by atoms with Crippen LogP contribution in [0.15, 0.2) is 54.6 Å². The van der Waals surface area contributed by atoms with E-state index in [0.717, 1.165) is 23.7 Å². The topological polar surface area (TPSA) is 93.1 Å². The molecule has 0 aliphatic heterocycles. The molecule has 6 heteroatoms. The first-order valence-electron chi connectivity index (χ1n) is 9.65. The van der Waals surface area contributed by atoms with Crippen molar-refractivity contribution >= 4 is 12.6 Å². The number of aldehydes is 2. The average molecular weight is 422 g/mol. The van der Waals surface area contributed by atoms with E-state index in [1.54, 1.807) is 12.1 Å². The molecule has 0 radical (unpaired) electrons. The Bertz CT molecular complexity index is 1040. The van der Waals surface area contributed by atoms with Crippen molar-refractivity contribution < 1.29 is 29.3 Å². The Morgan fingerprint density at radius 3 is 1.74 bits per heavy atom. The quantitative estimate of drug-likeness (QED) is 0.529. The molecule has 0 unspecified atom stereocenters. The van der Waals surface area contributed by atoms with E-state index in [1.165, 1.54) is 26.4 Å². The fourth-order valence-corrected chi connectivity index (χ4v) is 3.31. The molecule has 0 aliphatic rings. The highest BCUT2D eigenvalue weighted by Crippen LogP contribution is 2.39. The highest BCUT2D eigenvalue weighted by Gasteiger charge is 2.16. The van der Waals surface area contributed by atoms with E-state index in [2.05, 4.69) is 0 Å². The summed E-state index contributed by atoms with van der Waals surface area (Å²) in [6, 6.07) is 15.4. The summed E-state index contributed by atoms with van der Waals surface area (Å²) in [4.78, 5) is 21.8. The van der Waals surface area contributed by atoms with Crippen LogP contribution < -0.4 is 9.47 Å². The molecule has 0 bridgehead atoms. The number of hydrogen-bond acceptors (Lipinski definition) is 6. The number of carbonyl (C=O) groups excluding carboxylic acids is 2. The van der Waals surface area contributed by atoms with Gasteiger partial charge in [0.25, 0.3) is 0 Å². The van der Waals surface area contributed by atoms with E-state index in [0.29, 0.717) is 28.2 Å². The average Bonchev–Trinajstić information content (AvgIpc) is 2.79. The van der Waals surface area contributed by atoms with E-state index in [9.17, 15) is 19.8 Å². The van der Waals surface area contributed by atoms with Crippen molar-refractivity contribution in [3.8, 4) is 34.1 Å². The van der Waals surface area contributed by atoms with Gasteiger partial charge in [-0.05, 0) is 35.7 Å². The van der Waals surface area contributed by atoms with Gasteiger partial charge in [0.2, 0.25) is 0 Å². The molecule has 0 saturated carbocycles. The number of phenolic OH excluding ortho intramolecular Hbond substituents is 2. The monoisotopic (exact) mass is 422 g/mol. The molecule has 0 saturated heterocycles. The van der Waals surface area contributed by atoms with Crippen LogP contribution in [0, 0.1) is 0 Å². The molecule has 0 aromatic heterocycles. The van der Waals surface area contributed by atoms with Crippen LogP contribution in [0.2, 0.25) is 0 Å². The normalized spacial score (nSPS) is 10.1. The lowest BCUT2D eigenvalue weighted by Crippen LogP contribution is -1.99. The Hall–Kier alpha value is -3.80. The molecule has 0 heterocycles. The number of aromatic hydroxyl groups is 2. The zero-order valence-electron chi connectivity index (χ0n) is 18.0. The van der Waals surface area contributed by atoms with Gasteiger partial charge in [0.15, 0.2) is 29.3 Å². The van der Waals surface area contributed by atoms with Gasteiger partial charge in [0.05, 0.1) is 14.2 Å². The minimum atomic E-state index is 0.0250. The highest BCUT2D eigenvalue weighted by atomic mass is 16.5. The van der Waals surface area contributed by atoms with Crippen LogP contribution in [0.4, 0.5) is 0 Å². The first-order valence-corrected chi connectivity index (χ1v) is 9.65. The maximum atomic E-state index is 11.0. The van der Waals surface area contributed by atoms with Crippen LogP contribution in [0.25, 0.3) is 11.1 Å². The lowest BCUT2D eigenvalue weighted by molar-refractivity contribution is 0.111. The van der Waals surface area contributed by atoms with E-state index in [-0.39, 0.29) is 17.4 Å². The Morgan fingerprint density at radius 2 is 1.26 bits per heavy atom. The summed E-state index contributed by atoms with van der Waals surface area (Å²) >= 11 is 0. The van der Waals surface area contributed by atoms with Gasteiger partial charge < -0.3 is 19.7 Å². The van der Waals surface area contributed by atoms with Gasteiger partial charge in [-0.15, -0.1) is 0 Å². The minimum absolute atomic E-state index is 0.0250. The van der Waals surface area contributed by atoms with Crippen LogP contribution in [0.1, 0.15) is 46.0 Å². The van der Waals surface area contributed by atoms with Crippen LogP contribution in [0.5, 0.6) is 23.0 Å². The Labute approximate surface area is 181 Å². The second kappa shape index (κ2) is 10.8. The lowest BCUT2D eigenvalue weighted by atomic mass is 9.96. The van der Waals surface area contributed by atoms with Gasteiger partial charge in [-0.2, -0.15) is 0 Å². The van der Waals surface area contributed by atoms with Gasteiger partial charge in [-0.1, -0.05) is 44.2 Å². The number of phenols is 2. The third kappa shape index (κ3) is 5.22. The number of hydrogen-bond donors (Lipinski definition) is 2. The molecule has 2 N–H and O–H groups in total. The Morgan fingerprint density at radius 1 is 0.742 bits per heavy atom. The second-order valence-corrected chi connectivity index (χ2v) is 6.96. The molecule has 0 fully saturated rings. The predicted molar refractivity (Wildman–Crippen MR) is 120 cm³/mol. The summed E-state index contributed by atoms with van der Waals surface area (Å²) in [5.74, 6) is 0.946. The van der Waals surface area contributed by atoms with Crippen LogP contribution in [0.3, 0.4) is 0 Å². The van der Waals surface area contributed by atoms with Crippen molar-refractivity contribution in [3.63, 3.8) is 0 Å². The summed E-state index contributed by atoms with van der Waals surface area (Å²) in [6.07, 6.45) is 1.53. The van der Waals surface area contributed by atoms with Crippen molar-refractivity contribution in [2.75, 3.05) is 14.2 Å². The highest BCUT2D eigenvalue weighted by molar-refractivity contribution is 5.92. The standard InChI is InChI=1S/C14H12O3.C11H14O3/c1-17-14-12(16)8-7-11(9-15)13(14)10-5-3-2-4-6-10;1-7(2)10-8(6-12)4-5-9(13)11(10)14-3/h2-9,16H,1H3;4-7,13H,1-3H3. The van der Waals surface area contributed by atoms with E-state index >= 15 is 0 Å². The summed E-state index contributed by atoms with van der Waals surface area (Å²) in [7, 11) is 2.95. The molecule has 0 atom stereocenters. The van der Waals surface area contributed by atoms with Crippen molar-refractivity contribution in [1.29, 1.82) is 0 Å². The fourth-order valence-electron chi connectivity index (χ4n) is 3.31. The summed E-state index contributed by atoms with van der Waals surface area (Å²) in [5.41, 5.74) is 3.26. The molecule has 3 aromatic carbocycles. The van der Waals surface area contributed by atoms with Crippen LogP contribution in [-0.2, 0) is 0 Å². The summed E-state index contributed by atoms with van der Waals surface area (Å²) in [6.45, 7) is 3.90. The molecule has 0 aliphatic carbocycles. The second-order valence-electron chi connectivity index (χ2n) is 6.96. The SMILES string of the molecule is COc1c(O)ccc(C=O)c1-c1ccccc1.COc1c(O)ccc(C=O)c1C(C)C. The number of methoxy groups -OCH3 is 2. The molecule has 6 nitrogen and oxygen atoms in total. The van der Waals surface area contributed by atoms with Crippen LogP contribution in [-0.4, -0.2) is 37.0 Å². The number of ether oxygens (including phenoxy) is 2. The van der Waals surface area contributed by atoms with E-state index in [1.807, 2.05) is 44.2 Å². The first kappa shape index (κ1) is 23.5. The molecular weight excluding hydrogens is 396 g/mol. The van der Waals surface area contributed by atoms with Crippen LogP contribution >= 0.6 is 0 Å². The van der Waals surface area contributed by atoms with E-state index < -0.39 is 0 Å². The Balaban J connectivity index is 0.000000225. The minimum Gasteiger partial charge on any atom is -0.504 e. The zero-order chi connectivity index (χ0) is 23.0. The maximum Gasteiger partial charge on any atom is 0.169 e. The van der Waals surface area contributed by atoms with Gasteiger partial charge in [-0.25, -0.2) is 0 Å². The van der Waals surface area contributed by atoms with Crippen molar-refractivity contribution in [2.24, 2.45) is 0 Å². The van der Waals surface area contributed by atoms with Crippen molar-refractivity contribution in [2.45, 2.75) is 19.8 Å². The molecule has 3 aromatic rings. The summed E-state index contributed by atoms with van der Waals surface area (Å²) < 4.78 is 10.2. The third-order valence-electron chi connectivity index (χ3n) is 4.68. The number of rotatable bonds is 6.